The Labute approximate surface area is 115 Å². The monoisotopic (exact) mass is 267 g/mol. The SMILES string of the molecule is CCCn1ncc(OC)c1C(NC)C1CCCCO1. The molecule has 0 bridgehead atoms. The van der Waals surface area contributed by atoms with Gasteiger partial charge in [0.25, 0.3) is 0 Å². The lowest BCUT2D eigenvalue weighted by Crippen LogP contribution is -2.36. The number of ether oxygens (including phenoxy) is 2. The van der Waals surface area contributed by atoms with Crippen LogP contribution in [0.25, 0.3) is 0 Å². The van der Waals surface area contributed by atoms with Crippen molar-refractivity contribution in [1.82, 2.24) is 15.1 Å². The molecule has 2 atom stereocenters. The van der Waals surface area contributed by atoms with Crippen molar-refractivity contribution >= 4 is 0 Å². The fraction of sp³-hybridized carbons (Fsp3) is 0.786. The molecule has 1 aliphatic heterocycles. The maximum atomic E-state index is 5.93. The second-order valence-corrected chi connectivity index (χ2v) is 4.99. The van der Waals surface area contributed by atoms with Gasteiger partial charge in [-0.25, -0.2) is 0 Å². The van der Waals surface area contributed by atoms with Crippen molar-refractivity contribution < 1.29 is 9.47 Å². The molecule has 5 heteroatoms. The molecule has 19 heavy (non-hydrogen) atoms. The Balaban J connectivity index is 2.26. The molecule has 2 heterocycles. The Hall–Kier alpha value is -1.07. The van der Waals surface area contributed by atoms with E-state index in [0.29, 0.717) is 0 Å². The first kappa shape index (κ1) is 14.3. The van der Waals surface area contributed by atoms with Gasteiger partial charge in [0, 0.05) is 13.2 Å². The summed E-state index contributed by atoms with van der Waals surface area (Å²) in [4.78, 5) is 0. The minimum atomic E-state index is 0.143. The second kappa shape index (κ2) is 6.91. The Morgan fingerprint density at radius 2 is 2.42 bits per heavy atom. The average molecular weight is 267 g/mol. The highest BCUT2D eigenvalue weighted by Gasteiger charge is 2.30. The third-order valence-corrected chi connectivity index (χ3v) is 3.69. The molecule has 0 saturated carbocycles. The van der Waals surface area contributed by atoms with Crippen molar-refractivity contribution in [3.8, 4) is 5.75 Å². The minimum absolute atomic E-state index is 0.143. The molecular formula is C14H25N3O2. The highest BCUT2D eigenvalue weighted by atomic mass is 16.5. The summed E-state index contributed by atoms with van der Waals surface area (Å²) in [6.45, 7) is 3.92. The molecule has 1 aromatic rings. The van der Waals surface area contributed by atoms with Gasteiger partial charge < -0.3 is 14.8 Å². The molecule has 1 aliphatic rings. The molecular weight excluding hydrogens is 242 g/mol. The number of hydrogen-bond donors (Lipinski definition) is 1. The van der Waals surface area contributed by atoms with Crippen LogP contribution >= 0.6 is 0 Å². The van der Waals surface area contributed by atoms with Crippen LogP contribution in [0.2, 0.25) is 0 Å². The summed E-state index contributed by atoms with van der Waals surface area (Å²) < 4.78 is 13.4. The van der Waals surface area contributed by atoms with Gasteiger partial charge in [0.15, 0.2) is 5.75 Å². The Kier molecular flexibility index (Phi) is 5.22. The van der Waals surface area contributed by atoms with Crippen molar-refractivity contribution in [1.29, 1.82) is 0 Å². The molecule has 2 rings (SSSR count). The van der Waals surface area contributed by atoms with Gasteiger partial charge in [-0.2, -0.15) is 5.10 Å². The number of nitrogens with one attached hydrogen (secondary N) is 1. The zero-order valence-corrected chi connectivity index (χ0v) is 12.2. The number of methoxy groups -OCH3 is 1. The summed E-state index contributed by atoms with van der Waals surface area (Å²) in [6.07, 6.45) is 6.55. The summed E-state index contributed by atoms with van der Waals surface area (Å²) in [5, 5.41) is 7.82. The highest BCUT2D eigenvalue weighted by molar-refractivity contribution is 5.29. The molecule has 1 aromatic heterocycles. The molecule has 1 fully saturated rings. The van der Waals surface area contributed by atoms with E-state index in [1.165, 1.54) is 6.42 Å². The predicted molar refractivity (Wildman–Crippen MR) is 74.5 cm³/mol. The number of nitrogens with zero attached hydrogens (tertiary/aromatic N) is 2. The van der Waals surface area contributed by atoms with Crippen molar-refractivity contribution in [2.75, 3.05) is 20.8 Å². The average Bonchev–Trinajstić information content (AvgIpc) is 2.85. The largest absolute Gasteiger partial charge is 0.493 e. The summed E-state index contributed by atoms with van der Waals surface area (Å²) in [5.41, 5.74) is 1.11. The molecule has 0 amide bonds. The fourth-order valence-electron chi connectivity index (χ4n) is 2.77. The van der Waals surface area contributed by atoms with Gasteiger partial charge in [-0.15, -0.1) is 0 Å². The van der Waals surface area contributed by atoms with Crippen molar-refractivity contribution in [3.63, 3.8) is 0 Å². The third kappa shape index (κ3) is 3.09. The van der Waals surface area contributed by atoms with E-state index in [-0.39, 0.29) is 12.1 Å². The summed E-state index contributed by atoms with van der Waals surface area (Å²) >= 11 is 0. The van der Waals surface area contributed by atoms with E-state index < -0.39 is 0 Å². The van der Waals surface area contributed by atoms with Gasteiger partial charge >= 0.3 is 0 Å². The van der Waals surface area contributed by atoms with E-state index in [2.05, 4.69) is 17.3 Å². The lowest BCUT2D eigenvalue weighted by Gasteiger charge is -2.31. The predicted octanol–water partition coefficient (Wildman–Crippen LogP) is 2.13. The van der Waals surface area contributed by atoms with Crippen molar-refractivity contribution in [2.24, 2.45) is 0 Å². The smallest absolute Gasteiger partial charge is 0.161 e. The molecule has 0 spiro atoms. The van der Waals surface area contributed by atoms with Gasteiger partial charge in [-0.05, 0) is 32.7 Å². The summed E-state index contributed by atoms with van der Waals surface area (Å²) in [6, 6.07) is 0.143. The zero-order valence-electron chi connectivity index (χ0n) is 12.2. The standard InChI is InChI=1S/C14H25N3O2/c1-4-8-17-14(12(18-3)10-16-17)13(15-2)11-7-5-6-9-19-11/h10-11,13,15H,4-9H2,1-3H3. The van der Waals surface area contributed by atoms with Crippen LogP contribution < -0.4 is 10.1 Å². The molecule has 0 aliphatic carbocycles. The van der Waals surface area contributed by atoms with Gasteiger partial charge in [0.2, 0.25) is 0 Å². The Bertz CT molecular complexity index is 386. The lowest BCUT2D eigenvalue weighted by molar-refractivity contribution is -0.00888. The zero-order chi connectivity index (χ0) is 13.7. The van der Waals surface area contributed by atoms with Crippen LogP contribution in [0.5, 0.6) is 5.75 Å². The van der Waals surface area contributed by atoms with E-state index >= 15 is 0 Å². The van der Waals surface area contributed by atoms with Crippen molar-refractivity contribution in [3.05, 3.63) is 11.9 Å². The molecule has 0 aromatic carbocycles. The van der Waals surface area contributed by atoms with Crippen LogP contribution in [0.3, 0.4) is 0 Å². The molecule has 5 nitrogen and oxygen atoms in total. The van der Waals surface area contributed by atoms with Crippen LogP contribution in [0.1, 0.15) is 44.3 Å². The third-order valence-electron chi connectivity index (χ3n) is 3.69. The van der Waals surface area contributed by atoms with Gasteiger partial charge in [-0.3, -0.25) is 4.68 Å². The number of rotatable bonds is 6. The van der Waals surface area contributed by atoms with E-state index in [4.69, 9.17) is 9.47 Å². The topological polar surface area (TPSA) is 48.3 Å². The number of likely N-dealkylation sites (N-methyl/N-ethyl adjacent to an activating group) is 1. The summed E-state index contributed by atoms with van der Waals surface area (Å²) in [5.74, 6) is 0.849. The van der Waals surface area contributed by atoms with E-state index in [0.717, 1.165) is 43.9 Å². The van der Waals surface area contributed by atoms with E-state index in [1.807, 2.05) is 11.7 Å². The van der Waals surface area contributed by atoms with Crippen LogP contribution in [0.4, 0.5) is 0 Å². The normalized spacial score (nSPS) is 21.3. The van der Waals surface area contributed by atoms with Crippen LogP contribution in [0, 0.1) is 0 Å². The Morgan fingerprint density at radius 3 is 3.00 bits per heavy atom. The molecule has 0 radical (unpaired) electrons. The first-order chi connectivity index (χ1) is 9.31. The van der Waals surface area contributed by atoms with Crippen LogP contribution in [-0.2, 0) is 11.3 Å². The quantitative estimate of drug-likeness (QED) is 0.858. The second-order valence-electron chi connectivity index (χ2n) is 4.99. The van der Waals surface area contributed by atoms with E-state index in [9.17, 15) is 0 Å². The minimum Gasteiger partial charge on any atom is -0.493 e. The van der Waals surface area contributed by atoms with Crippen LogP contribution in [-0.4, -0.2) is 36.6 Å². The highest BCUT2D eigenvalue weighted by Crippen LogP contribution is 2.32. The number of hydrogen-bond acceptors (Lipinski definition) is 4. The molecule has 1 saturated heterocycles. The van der Waals surface area contributed by atoms with Crippen molar-refractivity contribution in [2.45, 2.75) is 51.3 Å². The first-order valence-corrected chi connectivity index (χ1v) is 7.20. The lowest BCUT2D eigenvalue weighted by atomic mass is 9.99. The van der Waals surface area contributed by atoms with Gasteiger partial charge in [0.05, 0.1) is 31.1 Å². The maximum absolute atomic E-state index is 5.93. The number of aryl methyl sites for hydroxylation is 1. The van der Waals surface area contributed by atoms with Gasteiger partial charge in [-0.1, -0.05) is 6.92 Å². The first-order valence-electron chi connectivity index (χ1n) is 7.20. The molecule has 1 N–H and O–H groups in total. The maximum Gasteiger partial charge on any atom is 0.161 e. The van der Waals surface area contributed by atoms with E-state index in [1.54, 1.807) is 13.3 Å². The fourth-order valence-corrected chi connectivity index (χ4v) is 2.77. The number of aromatic nitrogens is 2. The molecule has 2 unspecified atom stereocenters. The Morgan fingerprint density at radius 1 is 1.58 bits per heavy atom. The van der Waals surface area contributed by atoms with Gasteiger partial charge in [0.1, 0.15) is 0 Å². The summed E-state index contributed by atoms with van der Waals surface area (Å²) in [7, 11) is 3.68. The molecule has 108 valence electrons. The van der Waals surface area contributed by atoms with Crippen LogP contribution in [0.15, 0.2) is 6.20 Å².